The minimum absolute atomic E-state index is 0.118. The van der Waals surface area contributed by atoms with Gasteiger partial charge in [0.2, 0.25) is 0 Å². The summed E-state index contributed by atoms with van der Waals surface area (Å²) in [6, 6.07) is 5.81. The molecule has 0 atom stereocenters. The van der Waals surface area contributed by atoms with Crippen molar-refractivity contribution in [3.8, 4) is 0 Å². The third-order valence-corrected chi connectivity index (χ3v) is 3.98. The van der Waals surface area contributed by atoms with E-state index in [2.05, 4.69) is 78.5 Å². The largest absolute Gasteiger partial charge is 0.469 e. The van der Waals surface area contributed by atoms with Crippen molar-refractivity contribution in [3.63, 3.8) is 0 Å². The average molecular weight is 373 g/mol. The first-order chi connectivity index (χ1) is 12.3. The molecule has 4 heteroatoms. The Morgan fingerprint density at radius 1 is 0.815 bits per heavy atom. The Balaban J connectivity index is 0.000000202. The molecule has 0 bridgehead atoms. The van der Waals surface area contributed by atoms with E-state index in [1.54, 1.807) is 12.5 Å². The second kappa shape index (κ2) is 9.20. The summed E-state index contributed by atoms with van der Waals surface area (Å²) in [5.74, 6) is 1.04. The van der Waals surface area contributed by atoms with Gasteiger partial charge in [0.1, 0.15) is 12.0 Å². The fourth-order valence-electron chi connectivity index (χ4n) is 2.16. The lowest BCUT2D eigenvalue weighted by Gasteiger charge is -2.16. The lowest BCUT2D eigenvalue weighted by atomic mass is 9.88. The van der Waals surface area contributed by atoms with E-state index in [4.69, 9.17) is 8.94 Å². The van der Waals surface area contributed by atoms with Crippen molar-refractivity contribution in [2.75, 3.05) is 6.54 Å². The summed E-state index contributed by atoms with van der Waals surface area (Å²) in [7, 11) is 0. The Morgan fingerprint density at radius 3 is 1.70 bits per heavy atom. The van der Waals surface area contributed by atoms with Gasteiger partial charge in [-0.2, -0.15) is 0 Å². The fourth-order valence-corrected chi connectivity index (χ4v) is 2.16. The molecule has 3 rings (SSSR count). The molecule has 150 valence electrons. The molecular formula is C23H36N2O2. The summed E-state index contributed by atoms with van der Waals surface area (Å²) in [4.78, 5) is 4.11. The van der Waals surface area contributed by atoms with Crippen LogP contribution in [0.15, 0.2) is 56.3 Å². The van der Waals surface area contributed by atoms with Crippen molar-refractivity contribution in [2.45, 2.75) is 73.1 Å². The van der Waals surface area contributed by atoms with Gasteiger partial charge in [-0.05, 0) is 23.1 Å². The first-order valence-electron chi connectivity index (χ1n) is 9.47. The number of hydrogen-bond donors (Lipinski definition) is 0. The van der Waals surface area contributed by atoms with Crippen LogP contribution in [-0.4, -0.2) is 17.9 Å². The van der Waals surface area contributed by atoms with Crippen LogP contribution in [0.5, 0.6) is 0 Å². The van der Waals surface area contributed by atoms with Crippen LogP contribution in [0, 0.1) is 5.41 Å². The summed E-state index contributed by atoms with van der Waals surface area (Å²) in [5.41, 5.74) is 2.93. The molecule has 0 unspecified atom stereocenters. The monoisotopic (exact) mass is 372 g/mol. The van der Waals surface area contributed by atoms with E-state index in [0.717, 1.165) is 18.0 Å². The highest BCUT2D eigenvalue weighted by Crippen LogP contribution is 2.25. The average Bonchev–Trinajstić information content (AvgIpc) is 3.28. The number of furan rings is 1. The molecule has 0 aliphatic carbocycles. The molecular weight excluding hydrogens is 336 g/mol. The molecule has 0 spiro atoms. The van der Waals surface area contributed by atoms with E-state index in [1.165, 1.54) is 5.57 Å². The molecule has 0 amide bonds. The molecule has 0 N–H and O–H groups in total. The van der Waals surface area contributed by atoms with Gasteiger partial charge in [-0.25, -0.2) is 0 Å². The smallest absolute Gasteiger partial charge is 0.124 e. The second-order valence-electron chi connectivity index (χ2n) is 9.77. The molecule has 0 radical (unpaired) electrons. The van der Waals surface area contributed by atoms with Crippen LogP contribution in [0.3, 0.4) is 0 Å². The van der Waals surface area contributed by atoms with Crippen LogP contribution in [0.1, 0.15) is 73.8 Å². The van der Waals surface area contributed by atoms with Crippen molar-refractivity contribution in [1.82, 2.24) is 5.16 Å². The lowest BCUT2D eigenvalue weighted by molar-refractivity contribution is 0.393. The van der Waals surface area contributed by atoms with Crippen LogP contribution in [0.2, 0.25) is 0 Å². The Kier molecular flexibility index (Phi) is 7.82. The van der Waals surface area contributed by atoms with Crippen molar-refractivity contribution in [3.05, 3.63) is 53.8 Å². The summed E-state index contributed by atoms with van der Waals surface area (Å²) >= 11 is 0. The number of hydrogen-bond acceptors (Lipinski definition) is 4. The van der Waals surface area contributed by atoms with Gasteiger partial charge in [-0.3, -0.25) is 4.99 Å². The molecule has 2 aromatic heterocycles. The molecule has 0 fully saturated rings. The number of allylic oxidation sites excluding steroid dienone is 1. The number of nitrogens with zero attached hydrogens (tertiary/aromatic N) is 2. The normalized spacial score (nSPS) is 14.0. The molecule has 0 saturated carbocycles. The Morgan fingerprint density at radius 2 is 1.48 bits per heavy atom. The summed E-state index contributed by atoms with van der Waals surface area (Å²) in [6.07, 6.45) is 7.46. The van der Waals surface area contributed by atoms with Gasteiger partial charge in [-0.15, -0.1) is 0 Å². The molecule has 0 saturated heterocycles. The topological polar surface area (TPSA) is 51.5 Å². The van der Waals surface area contributed by atoms with Crippen molar-refractivity contribution in [2.24, 2.45) is 10.4 Å². The zero-order valence-corrected chi connectivity index (χ0v) is 18.5. The first kappa shape index (κ1) is 22.9. The first-order valence-corrected chi connectivity index (χ1v) is 9.47. The second-order valence-corrected chi connectivity index (χ2v) is 9.77. The molecule has 0 aromatic carbocycles. The molecule has 3 heterocycles. The maximum atomic E-state index is 5.20. The zero-order chi connectivity index (χ0) is 20.7. The van der Waals surface area contributed by atoms with Gasteiger partial charge in [-0.1, -0.05) is 73.5 Å². The number of aliphatic imine (C=N–C) groups is 1. The minimum atomic E-state index is 0.118. The number of aromatic nitrogens is 1. The van der Waals surface area contributed by atoms with Gasteiger partial charge in [0.15, 0.2) is 0 Å². The van der Waals surface area contributed by atoms with Crippen molar-refractivity contribution >= 4 is 6.21 Å². The predicted molar refractivity (Wildman–Crippen MR) is 114 cm³/mol. The van der Waals surface area contributed by atoms with Crippen LogP contribution < -0.4 is 0 Å². The van der Waals surface area contributed by atoms with Crippen LogP contribution in [0.25, 0.3) is 0 Å². The molecule has 1 aliphatic rings. The summed E-state index contributed by atoms with van der Waals surface area (Å²) < 4.78 is 9.89. The standard InChI is InChI=1S/C8H13N.C8H12O.C7H11NO/c1-8(2,3)7-4-5-9-6-7;1-8(2,3)7-5-4-6-9-7;1-7(2,3)6-4-5-9-8-6/h4,6H,5H2,1-3H3;4-6H,1-3H3;4-5H,1-3H3. The third kappa shape index (κ3) is 8.42. The molecule has 1 aliphatic heterocycles. The number of rotatable bonds is 0. The third-order valence-electron chi connectivity index (χ3n) is 3.98. The Labute approximate surface area is 164 Å². The van der Waals surface area contributed by atoms with E-state index in [9.17, 15) is 0 Å². The highest BCUT2D eigenvalue weighted by molar-refractivity contribution is 5.82. The zero-order valence-electron chi connectivity index (χ0n) is 18.5. The van der Waals surface area contributed by atoms with Crippen LogP contribution in [-0.2, 0) is 10.8 Å². The highest BCUT2D eigenvalue weighted by atomic mass is 16.5. The molecule has 27 heavy (non-hydrogen) atoms. The molecule has 2 aromatic rings. The maximum absolute atomic E-state index is 5.20. The van der Waals surface area contributed by atoms with E-state index in [-0.39, 0.29) is 10.8 Å². The minimum Gasteiger partial charge on any atom is -0.469 e. The van der Waals surface area contributed by atoms with Gasteiger partial charge >= 0.3 is 0 Å². The molecule has 4 nitrogen and oxygen atoms in total. The van der Waals surface area contributed by atoms with Gasteiger partial charge < -0.3 is 8.94 Å². The van der Waals surface area contributed by atoms with Gasteiger partial charge in [0.25, 0.3) is 0 Å². The van der Waals surface area contributed by atoms with E-state index in [1.807, 2.05) is 24.4 Å². The fraction of sp³-hybridized carbons (Fsp3) is 0.565. The Bertz CT molecular complexity index is 658. The van der Waals surface area contributed by atoms with Crippen molar-refractivity contribution < 1.29 is 8.94 Å². The van der Waals surface area contributed by atoms with E-state index in [0.29, 0.717) is 5.41 Å². The van der Waals surface area contributed by atoms with E-state index < -0.39 is 0 Å². The highest BCUT2D eigenvalue weighted by Gasteiger charge is 2.17. The van der Waals surface area contributed by atoms with Gasteiger partial charge in [0.05, 0.1) is 18.5 Å². The quantitative estimate of drug-likeness (QED) is 0.524. The summed E-state index contributed by atoms with van der Waals surface area (Å²) in [5, 5.41) is 3.81. The van der Waals surface area contributed by atoms with Crippen LogP contribution >= 0.6 is 0 Å². The van der Waals surface area contributed by atoms with Crippen molar-refractivity contribution in [1.29, 1.82) is 0 Å². The van der Waals surface area contributed by atoms with Crippen LogP contribution in [0.4, 0.5) is 0 Å². The van der Waals surface area contributed by atoms with E-state index >= 15 is 0 Å². The predicted octanol–water partition coefficient (Wildman–Crippen LogP) is 6.59. The SMILES string of the molecule is CC(C)(C)C1=CCN=C1.CC(C)(C)c1ccco1.CC(C)(C)c1ccon1. The lowest BCUT2D eigenvalue weighted by Crippen LogP contribution is -2.10. The maximum Gasteiger partial charge on any atom is 0.124 e. The van der Waals surface area contributed by atoms with Gasteiger partial charge in [0, 0.05) is 23.1 Å². The summed E-state index contributed by atoms with van der Waals surface area (Å²) in [6.45, 7) is 20.2. The Hall–Kier alpha value is -2.10.